The van der Waals surface area contributed by atoms with Crippen molar-refractivity contribution in [1.29, 1.82) is 0 Å². The Morgan fingerprint density at radius 2 is 1.50 bits per heavy atom. The molecule has 1 unspecified atom stereocenters. The Kier molecular flexibility index (Phi) is 4.75. The molecule has 0 bridgehead atoms. The predicted molar refractivity (Wildman–Crippen MR) is 93.4 cm³/mol. The number of hydrogen-bond donors (Lipinski definition) is 0. The summed E-state index contributed by atoms with van der Waals surface area (Å²) in [4.78, 5) is 2.45. The first-order valence-electron chi connectivity index (χ1n) is 8.07. The van der Waals surface area contributed by atoms with Crippen molar-refractivity contribution < 1.29 is 0 Å². The monoisotopic (exact) mass is 289 g/mol. The molecule has 0 aromatic heterocycles. The van der Waals surface area contributed by atoms with Crippen molar-refractivity contribution in [3.8, 4) is 0 Å². The lowest BCUT2D eigenvalue weighted by Crippen LogP contribution is -2.32. The first kappa shape index (κ1) is 14.6. The molecule has 1 heterocycles. The molecule has 1 heteroatoms. The zero-order chi connectivity index (χ0) is 15.2. The highest BCUT2D eigenvalue weighted by Crippen LogP contribution is 2.21. The van der Waals surface area contributed by atoms with Gasteiger partial charge >= 0.3 is 0 Å². The van der Waals surface area contributed by atoms with Gasteiger partial charge in [-0.05, 0) is 35.6 Å². The minimum Gasteiger partial charge on any atom is -0.366 e. The molecule has 0 saturated heterocycles. The van der Waals surface area contributed by atoms with E-state index in [-0.39, 0.29) is 0 Å². The highest BCUT2D eigenvalue weighted by Gasteiger charge is 2.17. The van der Waals surface area contributed by atoms with E-state index in [1.807, 2.05) is 0 Å². The lowest BCUT2D eigenvalue weighted by atomic mass is 9.98. The van der Waals surface area contributed by atoms with E-state index in [0.29, 0.717) is 6.04 Å². The van der Waals surface area contributed by atoms with Gasteiger partial charge in [-0.3, -0.25) is 0 Å². The van der Waals surface area contributed by atoms with Gasteiger partial charge in [-0.15, -0.1) is 0 Å². The second kappa shape index (κ2) is 7.13. The first-order valence-corrected chi connectivity index (χ1v) is 8.07. The van der Waals surface area contributed by atoms with Gasteiger partial charge in [0.25, 0.3) is 0 Å². The van der Waals surface area contributed by atoms with Crippen molar-refractivity contribution in [2.75, 3.05) is 0 Å². The summed E-state index contributed by atoms with van der Waals surface area (Å²) in [5.41, 5.74) is 4.19. The maximum absolute atomic E-state index is 2.45. The van der Waals surface area contributed by atoms with Gasteiger partial charge < -0.3 is 4.90 Å². The Morgan fingerprint density at radius 3 is 2.14 bits per heavy atom. The number of benzene rings is 2. The molecule has 3 rings (SSSR count). The second-order valence-corrected chi connectivity index (χ2v) is 5.83. The van der Waals surface area contributed by atoms with Crippen LogP contribution >= 0.6 is 0 Å². The summed E-state index contributed by atoms with van der Waals surface area (Å²) in [6, 6.07) is 21.9. The Morgan fingerprint density at radius 1 is 0.864 bits per heavy atom. The van der Waals surface area contributed by atoms with Crippen molar-refractivity contribution in [2.24, 2.45) is 0 Å². The molecule has 0 aliphatic carbocycles. The highest BCUT2D eigenvalue weighted by molar-refractivity contribution is 5.28. The van der Waals surface area contributed by atoms with Gasteiger partial charge in [0.05, 0.1) is 6.04 Å². The van der Waals surface area contributed by atoms with E-state index < -0.39 is 0 Å². The molecule has 2 aromatic rings. The van der Waals surface area contributed by atoms with Crippen molar-refractivity contribution in [3.63, 3.8) is 0 Å². The van der Waals surface area contributed by atoms with Crippen LogP contribution in [0, 0.1) is 0 Å². The summed E-state index contributed by atoms with van der Waals surface area (Å²) < 4.78 is 0. The van der Waals surface area contributed by atoms with Crippen molar-refractivity contribution in [2.45, 2.75) is 32.4 Å². The fraction of sp³-hybridized carbons (Fsp3) is 0.238. The van der Waals surface area contributed by atoms with Crippen LogP contribution in [0.2, 0.25) is 0 Å². The summed E-state index contributed by atoms with van der Waals surface area (Å²) in [5.74, 6) is 0. The van der Waals surface area contributed by atoms with Crippen LogP contribution in [0.1, 0.15) is 24.5 Å². The Labute approximate surface area is 133 Å². The van der Waals surface area contributed by atoms with Crippen molar-refractivity contribution in [3.05, 3.63) is 95.7 Å². The van der Waals surface area contributed by atoms with Crippen LogP contribution in [0.5, 0.6) is 0 Å². The molecule has 1 aliphatic rings. The minimum atomic E-state index is 0.433. The van der Waals surface area contributed by atoms with Gasteiger partial charge in [0.1, 0.15) is 0 Å². The van der Waals surface area contributed by atoms with Gasteiger partial charge in [-0.1, -0.05) is 73.7 Å². The number of hydrogen-bond acceptors (Lipinski definition) is 1. The van der Waals surface area contributed by atoms with E-state index in [4.69, 9.17) is 0 Å². The molecule has 112 valence electrons. The summed E-state index contributed by atoms with van der Waals surface area (Å²) in [7, 11) is 0. The molecule has 0 amide bonds. The number of allylic oxidation sites excluding steroid dienone is 2. The van der Waals surface area contributed by atoms with Crippen molar-refractivity contribution >= 4 is 0 Å². The quantitative estimate of drug-likeness (QED) is 0.751. The minimum absolute atomic E-state index is 0.433. The molecule has 2 aromatic carbocycles. The van der Waals surface area contributed by atoms with Crippen LogP contribution in [0.3, 0.4) is 0 Å². The van der Waals surface area contributed by atoms with Gasteiger partial charge in [0, 0.05) is 12.7 Å². The standard InChI is InChI=1S/C21H23N/c1-2-18-13-14-22(17-20-11-7-4-8-12-20)21(15-18)16-19-9-5-3-6-10-19/h3-15,21H,2,16-17H2,1H3. The first-order chi connectivity index (χ1) is 10.8. The van der Waals surface area contributed by atoms with Crippen molar-refractivity contribution in [1.82, 2.24) is 4.90 Å². The normalized spacial score (nSPS) is 17.4. The van der Waals surface area contributed by atoms with E-state index in [0.717, 1.165) is 19.4 Å². The summed E-state index contributed by atoms with van der Waals surface area (Å²) in [6.45, 7) is 3.19. The van der Waals surface area contributed by atoms with E-state index in [1.54, 1.807) is 0 Å². The van der Waals surface area contributed by atoms with Crippen LogP contribution in [0.15, 0.2) is 84.6 Å². The van der Waals surface area contributed by atoms with Gasteiger partial charge in [0.15, 0.2) is 0 Å². The molecule has 0 N–H and O–H groups in total. The Balaban J connectivity index is 1.78. The average Bonchev–Trinajstić information content (AvgIpc) is 2.58. The van der Waals surface area contributed by atoms with Crippen LogP contribution in [0.25, 0.3) is 0 Å². The molecule has 0 radical (unpaired) electrons. The van der Waals surface area contributed by atoms with E-state index >= 15 is 0 Å². The van der Waals surface area contributed by atoms with Crippen LogP contribution in [-0.4, -0.2) is 10.9 Å². The molecule has 0 fully saturated rings. The lowest BCUT2D eigenvalue weighted by molar-refractivity contribution is 0.304. The molecule has 1 aliphatic heterocycles. The average molecular weight is 289 g/mol. The Bertz CT molecular complexity index is 640. The van der Waals surface area contributed by atoms with Gasteiger partial charge in [-0.2, -0.15) is 0 Å². The maximum atomic E-state index is 2.45. The third kappa shape index (κ3) is 3.67. The maximum Gasteiger partial charge on any atom is 0.0517 e. The second-order valence-electron chi connectivity index (χ2n) is 5.83. The lowest BCUT2D eigenvalue weighted by Gasteiger charge is -2.32. The summed E-state index contributed by atoms with van der Waals surface area (Å²) in [6.07, 6.45) is 9.10. The SMILES string of the molecule is CCC1=CC(Cc2ccccc2)N(Cc2ccccc2)C=C1. The molecular weight excluding hydrogens is 266 g/mol. The zero-order valence-electron chi connectivity index (χ0n) is 13.2. The fourth-order valence-corrected chi connectivity index (χ4v) is 2.93. The topological polar surface area (TPSA) is 3.24 Å². The predicted octanol–water partition coefficient (Wildman–Crippen LogP) is 4.96. The van der Waals surface area contributed by atoms with E-state index in [9.17, 15) is 0 Å². The largest absolute Gasteiger partial charge is 0.366 e. The summed E-state index contributed by atoms with van der Waals surface area (Å²) in [5, 5.41) is 0. The fourth-order valence-electron chi connectivity index (χ4n) is 2.93. The molecule has 1 atom stereocenters. The third-order valence-electron chi connectivity index (χ3n) is 4.22. The zero-order valence-corrected chi connectivity index (χ0v) is 13.2. The van der Waals surface area contributed by atoms with Gasteiger partial charge in [-0.25, -0.2) is 0 Å². The summed E-state index contributed by atoms with van der Waals surface area (Å²) >= 11 is 0. The third-order valence-corrected chi connectivity index (χ3v) is 4.22. The number of rotatable bonds is 5. The van der Waals surface area contributed by atoms with Crippen LogP contribution in [-0.2, 0) is 13.0 Å². The molecule has 0 spiro atoms. The molecule has 0 saturated carbocycles. The van der Waals surface area contributed by atoms with E-state index in [2.05, 4.69) is 90.8 Å². The smallest absolute Gasteiger partial charge is 0.0517 e. The molecule has 1 nitrogen and oxygen atoms in total. The van der Waals surface area contributed by atoms with Crippen LogP contribution < -0.4 is 0 Å². The molecule has 22 heavy (non-hydrogen) atoms. The number of nitrogens with zero attached hydrogens (tertiary/aromatic N) is 1. The Hall–Kier alpha value is -2.28. The van der Waals surface area contributed by atoms with E-state index in [1.165, 1.54) is 16.7 Å². The molecular formula is C21H23N. The van der Waals surface area contributed by atoms with Crippen LogP contribution in [0.4, 0.5) is 0 Å². The van der Waals surface area contributed by atoms with Gasteiger partial charge in [0.2, 0.25) is 0 Å². The highest BCUT2D eigenvalue weighted by atomic mass is 15.1.